The van der Waals surface area contributed by atoms with Gasteiger partial charge in [-0.05, 0) is 37.1 Å². The molecule has 0 aliphatic heterocycles. The van der Waals surface area contributed by atoms with Crippen LogP contribution in [-0.2, 0) is 19.5 Å². The van der Waals surface area contributed by atoms with Gasteiger partial charge in [0.2, 0.25) is 0 Å². The number of likely N-dealkylation sites (N-methyl/N-ethyl adjacent to an activating group) is 1. The Kier molecular flexibility index (Phi) is 5.33. The first-order chi connectivity index (χ1) is 9.69. The van der Waals surface area contributed by atoms with Crippen LogP contribution >= 0.6 is 0 Å². The molecule has 2 aromatic rings. The molecule has 2 aromatic carbocycles. The summed E-state index contributed by atoms with van der Waals surface area (Å²) in [6.45, 7) is 4.80. The van der Waals surface area contributed by atoms with Crippen LogP contribution in [-0.4, -0.2) is 18.5 Å². The molecule has 0 aliphatic carbocycles. The lowest BCUT2D eigenvalue weighted by molar-refractivity contribution is 0.331. The van der Waals surface area contributed by atoms with Crippen molar-refractivity contribution in [3.63, 3.8) is 0 Å². The van der Waals surface area contributed by atoms with Gasteiger partial charge in [0.25, 0.3) is 0 Å². The molecule has 0 saturated carbocycles. The fourth-order valence-electron chi connectivity index (χ4n) is 2.51. The Morgan fingerprint density at radius 2 is 1.75 bits per heavy atom. The Morgan fingerprint density at radius 1 is 1.00 bits per heavy atom. The lowest BCUT2D eigenvalue weighted by Gasteiger charge is -2.18. The Morgan fingerprint density at radius 3 is 2.45 bits per heavy atom. The molecule has 2 nitrogen and oxygen atoms in total. The second kappa shape index (κ2) is 7.22. The second-order valence-corrected chi connectivity index (χ2v) is 5.45. The molecule has 0 aliphatic rings. The van der Waals surface area contributed by atoms with E-state index in [1.165, 1.54) is 22.3 Å². The van der Waals surface area contributed by atoms with Crippen LogP contribution in [0.1, 0.15) is 22.3 Å². The molecule has 0 aromatic heterocycles. The van der Waals surface area contributed by atoms with Crippen LogP contribution in [0, 0.1) is 6.92 Å². The molecule has 2 rings (SSSR count). The molecule has 0 atom stereocenters. The fourth-order valence-corrected chi connectivity index (χ4v) is 2.51. The van der Waals surface area contributed by atoms with E-state index in [9.17, 15) is 0 Å². The standard InChI is InChI=1S/C18H24N2/c1-15-6-5-7-16(12-15)14-20(2)11-10-17-8-3-4-9-18(17)13-19/h3-9,12H,10-11,13-14,19H2,1-2H3. The zero-order valence-corrected chi connectivity index (χ0v) is 12.5. The van der Waals surface area contributed by atoms with Gasteiger partial charge in [-0.25, -0.2) is 0 Å². The number of rotatable bonds is 6. The smallest absolute Gasteiger partial charge is 0.0230 e. The lowest BCUT2D eigenvalue weighted by atomic mass is 10.0. The van der Waals surface area contributed by atoms with Gasteiger partial charge in [0.1, 0.15) is 0 Å². The van der Waals surface area contributed by atoms with E-state index in [1.807, 2.05) is 0 Å². The molecule has 0 unspecified atom stereocenters. The maximum Gasteiger partial charge on any atom is 0.0230 e. The number of nitrogens with two attached hydrogens (primary N) is 1. The predicted molar refractivity (Wildman–Crippen MR) is 85.6 cm³/mol. The van der Waals surface area contributed by atoms with Crippen LogP contribution in [0.3, 0.4) is 0 Å². The maximum absolute atomic E-state index is 5.78. The number of nitrogens with zero attached hydrogens (tertiary/aromatic N) is 1. The average Bonchev–Trinajstić information content (AvgIpc) is 2.45. The highest BCUT2D eigenvalue weighted by Gasteiger charge is 2.04. The summed E-state index contributed by atoms with van der Waals surface area (Å²) in [4.78, 5) is 2.36. The number of hydrogen-bond donors (Lipinski definition) is 1. The van der Waals surface area contributed by atoms with Crippen LogP contribution in [0.2, 0.25) is 0 Å². The zero-order valence-electron chi connectivity index (χ0n) is 12.5. The van der Waals surface area contributed by atoms with Gasteiger partial charge in [-0.3, -0.25) is 0 Å². The lowest BCUT2D eigenvalue weighted by Crippen LogP contribution is -2.21. The minimum Gasteiger partial charge on any atom is -0.326 e. The first-order valence-corrected chi connectivity index (χ1v) is 7.20. The molecule has 0 radical (unpaired) electrons. The molecule has 2 N–H and O–H groups in total. The molecular formula is C18H24N2. The zero-order chi connectivity index (χ0) is 14.4. The molecule has 0 amide bonds. The van der Waals surface area contributed by atoms with E-state index < -0.39 is 0 Å². The summed E-state index contributed by atoms with van der Waals surface area (Å²) in [5, 5.41) is 0. The van der Waals surface area contributed by atoms with Gasteiger partial charge < -0.3 is 10.6 Å². The van der Waals surface area contributed by atoms with Crippen molar-refractivity contribution in [2.45, 2.75) is 26.4 Å². The topological polar surface area (TPSA) is 29.3 Å². The van der Waals surface area contributed by atoms with Crippen molar-refractivity contribution in [1.29, 1.82) is 0 Å². The molecule has 0 spiro atoms. The molecule has 2 heteroatoms. The van der Waals surface area contributed by atoms with Crippen molar-refractivity contribution < 1.29 is 0 Å². The van der Waals surface area contributed by atoms with E-state index in [0.717, 1.165) is 19.5 Å². The summed E-state index contributed by atoms with van der Waals surface area (Å²) in [5.74, 6) is 0. The van der Waals surface area contributed by atoms with E-state index in [0.29, 0.717) is 6.54 Å². The summed E-state index contributed by atoms with van der Waals surface area (Å²) in [6, 6.07) is 17.2. The molecule has 0 bridgehead atoms. The van der Waals surface area contributed by atoms with Crippen molar-refractivity contribution >= 4 is 0 Å². The summed E-state index contributed by atoms with van der Waals surface area (Å²) >= 11 is 0. The summed E-state index contributed by atoms with van der Waals surface area (Å²) in [7, 11) is 2.17. The molecular weight excluding hydrogens is 244 g/mol. The maximum atomic E-state index is 5.78. The van der Waals surface area contributed by atoms with Gasteiger partial charge in [0.15, 0.2) is 0 Å². The van der Waals surface area contributed by atoms with E-state index in [1.54, 1.807) is 0 Å². The highest BCUT2D eigenvalue weighted by atomic mass is 15.1. The van der Waals surface area contributed by atoms with Gasteiger partial charge in [0, 0.05) is 19.6 Å². The predicted octanol–water partition coefficient (Wildman–Crippen LogP) is 3.13. The highest BCUT2D eigenvalue weighted by Crippen LogP contribution is 2.11. The molecule has 0 fully saturated rings. The van der Waals surface area contributed by atoms with Gasteiger partial charge in [-0.2, -0.15) is 0 Å². The summed E-state index contributed by atoms with van der Waals surface area (Å²) in [5.41, 5.74) is 11.1. The van der Waals surface area contributed by atoms with Crippen molar-refractivity contribution in [3.8, 4) is 0 Å². The Hall–Kier alpha value is -1.64. The van der Waals surface area contributed by atoms with E-state index >= 15 is 0 Å². The largest absolute Gasteiger partial charge is 0.326 e. The van der Waals surface area contributed by atoms with Crippen LogP contribution < -0.4 is 5.73 Å². The van der Waals surface area contributed by atoms with Crippen molar-refractivity contribution in [1.82, 2.24) is 4.90 Å². The Balaban J connectivity index is 1.90. The average molecular weight is 268 g/mol. The monoisotopic (exact) mass is 268 g/mol. The molecule has 20 heavy (non-hydrogen) atoms. The highest BCUT2D eigenvalue weighted by molar-refractivity contribution is 5.27. The van der Waals surface area contributed by atoms with Crippen LogP contribution in [0.5, 0.6) is 0 Å². The van der Waals surface area contributed by atoms with Crippen molar-refractivity contribution in [2.24, 2.45) is 5.73 Å². The minimum absolute atomic E-state index is 0.623. The number of benzene rings is 2. The van der Waals surface area contributed by atoms with Crippen LogP contribution in [0.25, 0.3) is 0 Å². The summed E-state index contributed by atoms with van der Waals surface area (Å²) < 4.78 is 0. The first kappa shape index (κ1) is 14.8. The van der Waals surface area contributed by atoms with Crippen molar-refractivity contribution in [3.05, 3.63) is 70.8 Å². The van der Waals surface area contributed by atoms with Gasteiger partial charge in [-0.15, -0.1) is 0 Å². The van der Waals surface area contributed by atoms with Gasteiger partial charge in [0.05, 0.1) is 0 Å². The van der Waals surface area contributed by atoms with Crippen LogP contribution in [0.4, 0.5) is 0 Å². The molecule has 0 heterocycles. The van der Waals surface area contributed by atoms with E-state index in [2.05, 4.69) is 67.4 Å². The van der Waals surface area contributed by atoms with Gasteiger partial charge in [-0.1, -0.05) is 54.1 Å². The van der Waals surface area contributed by atoms with Crippen molar-refractivity contribution in [2.75, 3.05) is 13.6 Å². The third-order valence-corrected chi connectivity index (χ3v) is 3.64. The normalized spacial score (nSPS) is 11.0. The van der Waals surface area contributed by atoms with Crippen LogP contribution in [0.15, 0.2) is 48.5 Å². The third kappa shape index (κ3) is 4.19. The fraction of sp³-hybridized carbons (Fsp3) is 0.333. The molecule has 106 valence electrons. The van der Waals surface area contributed by atoms with E-state index in [4.69, 9.17) is 5.73 Å². The SMILES string of the molecule is Cc1cccc(CN(C)CCc2ccccc2CN)c1. The Labute approximate surface area is 122 Å². The van der Waals surface area contributed by atoms with Gasteiger partial charge >= 0.3 is 0 Å². The summed E-state index contributed by atoms with van der Waals surface area (Å²) in [6.07, 6.45) is 1.05. The number of aryl methyl sites for hydroxylation is 1. The second-order valence-electron chi connectivity index (χ2n) is 5.45. The third-order valence-electron chi connectivity index (χ3n) is 3.64. The quantitative estimate of drug-likeness (QED) is 0.872. The molecule has 0 saturated heterocycles. The van der Waals surface area contributed by atoms with E-state index in [-0.39, 0.29) is 0 Å². The minimum atomic E-state index is 0.623. The Bertz CT molecular complexity index is 549. The first-order valence-electron chi connectivity index (χ1n) is 7.20. The number of hydrogen-bond acceptors (Lipinski definition) is 2.